The van der Waals surface area contributed by atoms with E-state index in [2.05, 4.69) is 4.74 Å². The maximum atomic E-state index is 11.8. The lowest BCUT2D eigenvalue weighted by Gasteiger charge is -2.21. The van der Waals surface area contributed by atoms with Crippen LogP contribution in [0.1, 0.15) is 18.1 Å². The van der Waals surface area contributed by atoms with Gasteiger partial charge in [-0.25, -0.2) is 4.79 Å². The molecule has 5 heteroatoms. The van der Waals surface area contributed by atoms with Crippen LogP contribution in [-0.2, 0) is 19.1 Å². The van der Waals surface area contributed by atoms with Crippen molar-refractivity contribution in [3.8, 4) is 0 Å². The highest BCUT2D eigenvalue weighted by Gasteiger charge is 2.29. The molecule has 1 aromatic carbocycles. The monoisotopic (exact) mass is 266 g/mol. The Bertz CT molecular complexity index is 521. The van der Waals surface area contributed by atoms with Gasteiger partial charge in [-0.1, -0.05) is 23.7 Å². The maximum Gasteiger partial charge on any atom is 0.344 e. The van der Waals surface area contributed by atoms with Crippen molar-refractivity contribution >= 4 is 23.4 Å². The fourth-order valence-corrected chi connectivity index (χ4v) is 1.92. The Labute approximate surface area is 109 Å². The largest absolute Gasteiger partial charge is 0.492 e. The molecule has 0 fully saturated rings. The third-order valence-corrected chi connectivity index (χ3v) is 2.88. The van der Waals surface area contributed by atoms with Crippen molar-refractivity contribution < 1.29 is 19.1 Å². The highest BCUT2D eigenvalue weighted by Crippen LogP contribution is 2.29. The van der Waals surface area contributed by atoms with Crippen LogP contribution in [0.25, 0.3) is 0 Å². The van der Waals surface area contributed by atoms with E-state index in [9.17, 15) is 9.59 Å². The molecule has 2 rings (SSSR count). The number of carbonyl (C=O) groups excluding carboxylic acids is 2. The van der Waals surface area contributed by atoms with Crippen LogP contribution in [-0.4, -0.2) is 18.9 Å². The first-order valence-electron chi connectivity index (χ1n) is 5.34. The Kier molecular flexibility index (Phi) is 3.67. The number of hydrogen-bond donors (Lipinski definition) is 0. The number of rotatable bonds is 2. The second-order valence-corrected chi connectivity index (χ2v) is 4.27. The van der Waals surface area contributed by atoms with E-state index in [1.54, 1.807) is 18.2 Å². The Morgan fingerprint density at radius 2 is 2.28 bits per heavy atom. The van der Waals surface area contributed by atoms with Gasteiger partial charge in [-0.05, 0) is 17.7 Å². The van der Waals surface area contributed by atoms with E-state index >= 15 is 0 Å². The average molecular weight is 267 g/mol. The Balaban J connectivity index is 2.20. The molecule has 0 saturated carbocycles. The number of ether oxygens (including phenoxy) is 2. The molecule has 1 heterocycles. The summed E-state index contributed by atoms with van der Waals surface area (Å²) in [5.74, 6) is -0.970. The van der Waals surface area contributed by atoms with Gasteiger partial charge in [-0.2, -0.15) is 0 Å². The van der Waals surface area contributed by atoms with Gasteiger partial charge in [-0.15, -0.1) is 0 Å². The summed E-state index contributed by atoms with van der Waals surface area (Å²) in [5, 5.41) is 0.575. The summed E-state index contributed by atoms with van der Waals surface area (Å²) in [6.07, 6.45) is 0.842. The molecule has 0 saturated heterocycles. The Hall–Kier alpha value is -1.81. The van der Waals surface area contributed by atoms with Crippen molar-refractivity contribution in [2.24, 2.45) is 0 Å². The standard InChI is InChI=1S/C13H11ClO4/c1-17-13(16)10-7-18-12(6-11(10)15)8-3-2-4-9(14)5-8/h2-5,7,12H,6H2,1H3/t12-/m1/s1. The van der Waals surface area contributed by atoms with Crippen molar-refractivity contribution in [2.45, 2.75) is 12.5 Å². The van der Waals surface area contributed by atoms with Gasteiger partial charge in [0.2, 0.25) is 0 Å². The van der Waals surface area contributed by atoms with E-state index in [4.69, 9.17) is 16.3 Å². The van der Waals surface area contributed by atoms with Gasteiger partial charge in [0.1, 0.15) is 17.9 Å². The molecule has 1 aromatic rings. The first-order valence-corrected chi connectivity index (χ1v) is 5.72. The van der Waals surface area contributed by atoms with Crippen molar-refractivity contribution in [2.75, 3.05) is 7.11 Å². The van der Waals surface area contributed by atoms with E-state index in [1.165, 1.54) is 7.11 Å². The topological polar surface area (TPSA) is 52.6 Å². The summed E-state index contributed by atoms with van der Waals surface area (Å²) < 4.78 is 9.87. The summed E-state index contributed by atoms with van der Waals surface area (Å²) in [6.45, 7) is 0. The SMILES string of the molecule is COC(=O)C1=CO[C@@H](c2cccc(Cl)c2)CC1=O. The molecule has 0 aromatic heterocycles. The van der Waals surface area contributed by atoms with E-state index in [1.807, 2.05) is 6.07 Å². The van der Waals surface area contributed by atoms with Gasteiger partial charge < -0.3 is 9.47 Å². The van der Waals surface area contributed by atoms with E-state index in [0.717, 1.165) is 11.8 Å². The van der Waals surface area contributed by atoms with Crippen LogP contribution < -0.4 is 0 Å². The second kappa shape index (κ2) is 5.23. The van der Waals surface area contributed by atoms with Gasteiger partial charge in [0.15, 0.2) is 5.78 Å². The molecule has 0 spiro atoms. The highest BCUT2D eigenvalue weighted by molar-refractivity contribution is 6.30. The molecular formula is C13H11ClO4. The average Bonchev–Trinajstić information content (AvgIpc) is 2.37. The quantitative estimate of drug-likeness (QED) is 0.609. The van der Waals surface area contributed by atoms with Crippen LogP contribution in [0.3, 0.4) is 0 Å². The van der Waals surface area contributed by atoms with Crippen LogP contribution in [0.15, 0.2) is 36.1 Å². The Morgan fingerprint density at radius 1 is 1.50 bits per heavy atom. The van der Waals surface area contributed by atoms with Crippen molar-refractivity contribution in [3.63, 3.8) is 0 Å². The molecule has 18 heavy (non-hydrogen) atoms. The van der Waals surface area contributed by atoms with Gasteiger partial charge >= 0.3 is 5.97 Å². The number of hydrogen-bond acceptors (Lipinski definition) is 4. The number of esters is 1. The van der Waals surface area contributed by atoms with Gasteiger partial charge in [0.25, 0.3) is 0 Å². The fourth-order valence-electron chi connectivity index (χ4n) is 1.72. The Morgan fingerprint density at radius 3 is 2.89 bits per heavy atom. The fraction of sp³-hybridized carbons (Fsp3) is 0.231. The van der Waals surface area contributed by atoms with Crippen molar-refractivity contribution in [3.05, 3.63) is 46.7 Å². The summed E-state index contributed by atoms with van der Waals surface area (Å²) in [6, 6.07) is 7.08. The lowest BCUT2D eigenvalue weighted by Crippen LogP contribution is -2.22. The maximum absolute atomic E-state index is 11.8. The molecule has 0 unspecified atom stereocenters. The molecule has 0 bridgehead atoms. The van der Waals surface area contributed by atoms with Crippen LogP contribution >= 0.6 is 11.6 Å². The molecular weight excluding hydrogens is 256 g/mol. The molecule has 0 aliphatic carbocycles. The number of Topliss-reactive ketones (excluding diaryl/α,β-unsaturated/α-hetero) is 1. The molecule has 94 valence electrons. The first kappa shape index (κ1) is 12.6. The number of carbonyl (C=O) groups is 2. The third kappa shape index (κ3) is 2.54. The number of methoxy groups -OCH3 is 1. The number of halogens is 1. The van der Waals surface area contributed by atoms with E-state index < -0.39 is 12.1 Å². The minimum absolute atomic E-state index is 0.0595. The highest BCUT2D eigenvalue weighted by atomic mass is 35.5. The van der Waals surface area contributed by atoms with Gasteiger partial charge in [-0.3, -0.25) is 4.79 Å². The first-order chi connectivity index (χ1) is 8.61. The zero-order valence-electron chi connectivity index (χ0n) is 9.68. The molecule has 1 aliphatic heterocycles. The van der Waals surface area contributed by atoms with Crippen molar-refractivity contribution in [1.82, 2.24) is 0 Å². The lowest BCUT2D eigenvalue weighted by molar-refractivity contribution is -0.139. The molecule has 0 amide bonds. The van der Waals surface area contributed by atoms with Crippen molar-refractivity contribution in [1.29, 1.82) is 0 Å². The molecule has 0 radical (unpaired) electrons. The zero-order chi connectivity index (χ0) is 13.1. The normalized spacial score (nSPS) is 18.9. The molecule has 4 nitrogen and oxygen atoms in total. The minimum atomic E-state index is -0.676. The smallest absolute Gasteiger partial charge is 0.344 e. The van der Waals surface area contributed by atoms with E-state index in [0.29, 0.717) is 5.02 Å². The van der Waals surface area contributed by atoms with Crippen LogP contribution in [0.4, 0.5) is 0 Å². The predicted molar refractivity (Wildman–Crippen MR) is 65.0 cm³/mol. The minimum Gasteiger partial charge on any atom is -0.492 e. The summed E-state index contributed by atoms with van der Waals surface area (Å²) in [4.78, 5) is 23.0. The summed E-state index contributed by atoms with van der Waals surface area (Å²) in [5.41, 5.74) is 0.742. The van der Waals surface area contributed by atoms with Crippen LogP contribution in [0.2, 0.25) is 5.02 Å². The molecule has 1 aliphatic rings. The molecule has 0 N–H and O–H groups in total. The predicted octanol–water partition coefficient (Wildman–Crippen LogP) is 2.43. The van der Waals surface area contributed by atoms with Gasteiger partial charge in [0, 0.05) is 5.02 Å². The zero-order valence-corrected chi connectivity index (χ0v) is 10.4. The summed E-state index contributed by atoms with van der Waals surface area (Å²) in [7, 11) is 1.22. The number of ketones is 1. The van der Waals surface area contributed by atoms with Crippen LogP contribution in [0, 0.1) is 0 Å². The second-order valence-electron chi connectivity index (χ2n) is 3.83. The van der Waals surface area contributed by atoms with Gasteiger partial charge in [0.05, 0.1) is 13.5 Å². The number of benzene rings is 1. The molecule has 1 atom stereocenters. The van der Waals surface area contributed by atoms with E-state index in [-0.39, 0.29) is 17.8 Å². The summed E-state index contributed by atoms with van der Waals surface area (Å²) >= 11 is 5.87. The lowest BCUT2D eigenvalue weighted by atomic mass is 9.98. The van der Waals surface area contributed by atoms with Crippen LogP contribution in [0.5, 0.6) is 0 Å². The third-order valence-electron chi connectivity index (χ3n) is 2.65.